The minimum Gasteiger partial charge on any atom is -0.411 e. The van der Waals surface area contributed by atoms with E-state index in [0.29, 0.717) is 6.61 Å². The minimum atomic E-state index is -1.77. The molecule has 3 nitrogen and oxygen atoms in total. The number of halogens is 1. The molecule has 2 aromatic rings. The summed E-state index contributed by atoms with van der Waals surface area (Å²) in [6.45, 7) is 13.6. The van der Waals surface area contributed by atoms with Crippen LogP contribution in [0.4, 0.5) is 0 Å². The zero-order valence-electron chi connectivity index (χ0n) is 17.0. The van der Waals surface area contributed by atoms with Crippen molar-refractivity contribution in [2.45, 2.75) is 63.8 Å². The Bertz CT molecular complexity index is 761. The quantitative estimate of drug-likeness (QED) is 0.468. The van der Waals surface area contributed by atoms with Gasteiger partial charge in [0.1, 0.15) is 5.01 Å². The van der Waals surface area contributed by atoms with E-state index >= 15 is 0 Å². The highest BCUT2D eigenvalue weighted by Crippen LogP contribution is 2.43. The van der Waals surface area contributed by atoms with Gasteiger partial charge < -0.3 is 9.16 Å². The maximum Gasteiger partial charge on any atom is 0.192 e. The van der Waals surface area contributed by atoms with Crippen LogP contribution in [0.25, 0.3) is 0 Å². The summed E-state index contributed by atoms with van der Waals surface area (Å²) in [5.74, 6) is 0. The molecule has 2 heterocycles. The SMILES string of the molecule is CC(C)(C)[Si](C)(C)OCc1csc(C2(c3ccc(Br)cc3)CCOCC2)n1. The fourth-order valence-corrected chi connectivity index (χ4v) is 5.47. The second kappa shape index (κ2) is 8.07. The monoisotopic (exact) mass is 467 g/mol. The van der Waals surface area contributed by atoms with E-state index in [2.05, 4.69) is 79.4 Å². The maximum absolute atomic E-state index is 6.39. The van der Waals surface area contributed by atoms with Gasteiger partial charge >= 0.3 is 0 Å². The lowest BCUT2D eigenvalue weighted by molar-refractivity contribution is 0.0629. The first-order valence-corrected chi connectivity index (χ1v) is 14.1. The Kier molecular flexibility index (Phi) is 6.33. The third-order valence-corrected chi connectivity index (χ3v) is 12.2. The molecule has 6 heteroatoms. The van der Waals surface area contributed by atoms with Gasteiger partial charge in [0, 0.05) is 23.1 Å². The molecule has 1 fully saturated rings. The Hall–Kier alpha value is -0.533. The second-order valence-electron chi connectivity index (χ2n) is 8.89. The number of nitrogens with zero attached hydrogens (tertiary/aromatic N) is 1. The summed E-state index contributed by atoms with van der Waals surface area (Å²) in [7, 11) is -1.77. The van der Waals surface area contributed by atoms with Crippen molar-refractivity contribution in [3.63, 3.8) is 0 Å². The van der Waals surface area contributed by atoms with Gasteiger partial charge in [-0.15, -0.1) is 11.3 Å². The van der Waals surface area contributed by atoms with Gasteiger partial charge in [-0.25, -0.2) is 4.98 Å². The van der Waals surface area contributed by atoms with Gasteiger partial charge in [0.25, 0.3) is 0 Å². The molecule has 1 saturated heterocycles. The van der Waals surface area contributed by atoms with Crippen LogP contribution in [0.15, 0.2) is 34.1 Å². The zero-order chi connectivity index (χ0) is 19.7. The number of hydrogen-bond acceptors (Lipinski definition) is 4. The Labute approximate surface area is 176 Å². The van der Waals surface area contributed by atoms with E-state index in [-0.39, 0.29) is 10.5 Å². The summed E-state index contributed by atoms with van der Waals surface area (Å²) < 4.78 is 13.2. The number of rotatable bonds is 5. The normalized spacial score (nSPS) is 17.9. The molecule has 0 N–H and O–H groups in total. The summed E-state index contributed by atoms with van der Waals surface area (Å²) in [5.41, 5.74) is 2.35. The Balaban J connectivity index is 1.84. The molecule has 0 bridgehead atoms. The molecule has 1 aliphatic rings. The molecule has 3 rings (SSSR count). The fourth-order valence-electron chi connectivity index (χ4n) is 3.18. The maximum atomic E-state index is 6.39. The van der Waals surface area contributed by atoms with Crippen molar-refractivity contribution in [1.82, 2.24) is 4.98 Å². The molecule has 1 aromatic carbocycles. The average molecular weight is 469 g/mol. The van der Waals surface area contributed by atoms with Crippen molar-refractivity contribution in [2.24, 2.45) is 0 Å². The predicted octanol–water partition coefficient (Wildman–Crippen LogP) is 6.52. The molecule has 148 valence electrons. The van der Waals surface area contributed by atoms with Crippen LogP contribution in [0.3, 0.4) is 0 Å². The van der Waals surface area contributed by atoms with Gasteiger partial charge in [-0.1, -0.05) is 48.8 Å². The van der Waals surface area contributed by atoms with E-state index in [1.807, 2.05) is 0 Å². The Morgan fingerprint density at radius 3 is 2.41 bits per heavy atom. The van der Waals surface area contributed by atoms with Crippen molar-refractivity contribution in [3.05, 3.63) is 50.4 Å². The van der Waals surface area contributed by atoms with E-state index in [0.717, 1.165) is 36.2 Å². The Morgan fingerprint density at radius 1 is 1.19 bits per heavy atom. The van der Waals surface area contributed by atoms with Crippen molar-refractivity contribution in [2.75, 3.05) is 13.2 Å². The third kappa shape index (κ3) is 4.56. The first-order valence-electron chi connectivity index (χ1n) is 9.57. The molecule has 0 unspecified atom stereocenters. The van der Waals surface area contributed by atoms with Gasteiger partial charge in [0.2, 0.25) is 0 Å². The lowest BCUT2D eigenvalue weighted by atomic mass is 9.74. The lowest BCUT2D eigenvalue weighted by Crippen LogP contribution is -2.40. The van der Waals surface area contributed by atoms with Crippen LogP contribution >= 0.6 is 27.3 Å². The number of hydrogen-bond donors (Lipinski definition) is 0. The molecule has 0 aliphatic carbocycles. The minimum absolute atomic E-state index is 0.0428. The molecule has 1 aromatic heterocycles. The standard InChI is InChI=1S/C21H30BrNO2SSi/c1-20(2,3)27(4,5)25-14-18-15-26-19(23-18)21(10-12-24-13-11-21)16-6-8-17(22)9-7-16/h6-9,15H,10-14H2,1-5H3. The first-order chi connectivity index (χ1) is 12.6. The van der Waals surface area contributed by atoms with Crippen molar-refractivity contribution >= 4 is 35.6 Å². The van der Waals surface area contributed by atoms with Gasteiger partial charge in [-0.05, 0) is 48.7 Å². The van der Waals surface area contributed by atoms with Gasteiger partial charge in [-0.2, -0.15) is 0 Å². The number of aromatic nitrogens is 1. The largest absolute Gasteiger partial charge is 0.411 e. The van der Waals surface area contributed by atoms with Crippen LogP contribution in [-0.4, -0.2) is 26.5 Å². The molecule has 0 spiro atoms. The van der Waals surface area contributed by atoms with Crippen LogP contribution in [-0.2, 0) is 21.2 Å². The van der Waals surface area contributed by atoms with Crippen molar-refractivity contribution in [3.8, 4) is 0 Å². The molecule has 0 atom stereocenters. The highest BCUT2D eigenvalue weighted by atomic mass is 79.9. The van der Waals surface area contributed by atoms with Gasteiger partial charge in [0.05, 0.1) is 17.7 Å². The van der Waals surface area contributed by atoms with E-state index in [4.69, 9.17) is 14.1 Å². The topological polar surface area (TPSA) is 31.4 Å². The smallest absolute Gasteiger partial charge is 0.192 e. The van der Waals surface area contributed by atoms with Crippen LogP contribution in [0.1, 0.15) is 49.9 Å². The molecule has 0 saturated carbocycles. The number of benzene rings is 1. The van der Waals surface area contributed by atoms with Crippen molar-refractivity contribution in [1.29, 1.82) is 0 Å². The highest BCUT2D eigenvalue weighted by Gasteiger charge is 2.40. The molecular formula is C21H30BrNO2SSi. The predicted molar refractivity (Wildman–Crippen MR) is 119 cm³/mol. The number of thiazole rings is 1. The lowest BCUT2D eigenvalue weighted by Gasteiger charge is -2.36. The summed E-state index contributed by atoms with van der Waals surface area (Å²) in [6, 6.07) is 8.70. The molecule has 0 amide bonds. The molecular weight excluding hydrogens is 438 g/mol. The summed E-state index contributed by atoms with van der Waals surface area (Å²) in [5, 5.41) is 3.59. The molecule has 1 aliphatic heterocycles. The number of ether oxygens (including phenoxy) is 1. The van der Waals surface area contributed by atoms with E-state index < -0.39 is 8.32 Å². The van der Waals surface area contributed by atoms with Crippen molar-refractivity contribution < 1.29 is 9.16 Å². The van der Waals surface area contributed by atoms with Crippen LogP contribution in [0, 0.1) is 0 Å². The summed E-state index contributed by atoms with van der Waals surface area (Å²) >= 11 is 5.32. The van der Waals surface area contributed by atoms with Crippen LogP contribution in [0.5, 0.6) is 0 Å². The first kappa shape index (κ1) is 21.2. The third-order valence-electron chi connectivity index (χ3n) is 6.09. The fraction of sp³-hybridized carbons (Fsp3) is 0.571. The van der Waals surface area contributed by atoms with Crippen LogP contribution in [0.2, 0.25) is 18.1 Å². The van der Waals surface area contributed by atoms with E-state index in [9.17, 15) is 0 Å². The summed E-state index contributed by atoms with van der Waals surface area (Å²) in [6.07, 6.45) is 1.95. The molecule has 0 radical (unpaired) electrons. The summed E-state index contributed by atoms with van der Waals surface area (Å²) in [4.78, 5) is 5.04. The zero-order valence-corrected chi connectivity index (χ0v) is 20.4. The second-order valence-corrected chi connectivity index (χ2v) is 15.5. The van der Waals surface area contributed by atoms with Gasteiger partial charge in [-0.3, -0.25) is 0 Å². The average Bonchev–Trinajstić information content (AvgIpc) is 3.10. The van der Waals surface area contributed by atoms with Crippen LogP contribution < -0.4 is 0 Å². The van der Waals surface area contributed by atoms with E-state index in [1.165, 1.54) is 10.6 Å². The highest BCUT2D eigenvalue weighted by molar-refractivity contribution is 9.10. The molecule has 27 heavy (non-hydrogen) atoms. The Morgan fingerprint density at radius 2 is 1.81 bits per heavy atom. The van der Waals surface area contributed by atoms with E-state index in [1.54, 1.807) is 11.3 Å². The van der Waals surface area contributed by atoms with Gasteiger partial charge in [0.15, 0.2) is 8.32 Å².